The second-order valence-electron chi connectivity index (χ2n) is 8.88. The summed E-state index contributed by atoms with van der Waals surface area (Å²) in [6.45, 7) is 1.51. The van der Waals surface area contributed by atoms with Crippen molar-refractivity contribution in [3.8, 4) is 11.8 Å². The molecular formula is C23H28FN3O2. The molecule has 0 unspecified atom stereocenters. The third-order valence-corrected chi connectivity index (χ3v) is 7.36. The van der Waals surface area contributed by atoms with E-state index in [0.29, 0.717) is 30.7 Å². The Kier molecular flexibility index (Phi) is 5.35. The first-order valence-corrected chi connectivity index (χ1v) is 10.4. The third-order valence-electron chi connectivity index (χ3n) is 7.36. The Bertz CT molecular complexity index is 812. The van der Waals surface area contributed by atoms with Crippen molar-refractivity contribution in [1.82, 2.24) is 4.90 Å². The van der Waals surface area contributed by atoms with E-state index in [9.17, 15) is 9.18 Å². The molecule has 1 amide bonds. The molecule has 0 radical (unpaired) electrons. The van der Waals surface area contributed by atoms with Gasteiger partial charge in [-0.15, -0.1) is 0 Å². The minimum atomic E-state index is -0.206. The summed E-state index contributed by atoms with van der Waals surface area (Å²) in [4.78, 5) is 14.9. The normalized spacial score (nSPS) is 29.3. The topological polar surface area (TPSA) is 79.3 Å². The Morgan fingerprint density at radius 3 is 2.34 bits per heavy atom. The van der Waals surface area contributed by atoms with Crippen LogP contribution in [-0.4, -0.2) is 37.0 Å². The summed E-state index contributed by atoms with van der Waals surface area (Å²) in [5.74, 6) is 1.00. The van der Waals surface area contributed by atoms with Gasteiger partial charge in [0, 0.05) is 30.6 Å². The first kappa shape index (κ1) is 19.9. The number of halogens is 1. The summed E-state index contributed by atoms with van der Waals surface area (Å²) in [6, 6.07) is 10.4. The van der Waals surface area contributed by atoms with Crippen LogP contribution in [0.25, 0.3) is 0 Å². The van der Waals surface area contributed by atoms with Crippen LogP contribution in [0.2, 0.25) is 0 Å². The fraction of sp³-hybridized carbons (Fsp3) is 0.565. The van der Waals surface area contributed by atoms with Gasteiger partial charge < -0.3 is 15.4 Å². The van der Waals surface area contributed by atoms with Crippen molar-refractivity contribution >= 4 is 5.91 Å². The van der Waals surface area contributed by atoms with E-state index in [1.807, 2.05) is 17.0 Å². The molecule has 5 rings (SSSR count). The van der Waals surface area contributed by atoms with Crippen molar-refractivity contribution in [2.45, 2.75) is 43.9 Å². The number of nitriles is 1. The zero-order valence-electron chi connectivity index (χ0n) is 16.7. The second kappa shape index (κ2) is 7.79. The maximum Gasteiger partial charge on any atom is 0.228 e. The molecule has 1 aromatic carbocycles. The highest BCUT2D eigenvalue weighted by molar-refractivity contribution is 5.84. The molecule has 0 aromatic heterocycles. The summed E-state index contributed by atoms with van der Waals surface area (Å²) in [7, 11) is 0. The first-order valence-electron chi connectivity index (χ1n) is 10.4. The molecule has 154 valence electrons. The van der Waals surface area contributed by atoms with E-state index in [4.69, 9.17) is 15.7 Å². The lowest BCUT2D eigenvalue weighted by Crippen LogP contribution is -2.58. The third kappa shape index (κ3) is 3.53. The van der Waals surface area contributed by atoms with Crippen molar-refractivity contribution < 1.29 is 13.9 Å². The molecule has 4 fully saturated rings. The van der Waals surface area contributed by atoms with Gasteiger partial charge in [0.1, 0.15) is 12.4 Å². The summed E-state index contributed by atoms with van der Waals surface area (Å²) in [6.07, 6.45) is 6.37. The fourth-order valence-electron chi connectivity index (χ4n) is 5.22. The lowest BCUT2D eigenvalue weighted by atomic mass is 9.51. The molecule has 5 nitrogen and oxygen atoms in total. The number of benzene rings is 1. The number of hydrogen-bond donors (Lipinski definition) is 1. The molecule has 1 heterocycles. The van der Waals surface area contributed by atoms with Crippen LogP contribution in [0.15, 0.2) is 36.2 Å². The number of likely N-dealkylation sites (tertiary alicyclic amines) is 1. The second-order valence-corrected chi connectivity index (χ2v) is 8.88. The minimum Gasteiger partial charge on any atom is -0.489 e. The summed E-state index contributed by atoms with van der Waals surface area (Å²) in [5.41, 5.74) is 7.13. The average molecular weight is 397 g/mol. The van der Waals surface area contributed by atoms with Crippen molar-refractivity contribution in [1.29, 1.82) is 5.26 Å². The maximum atomic E-state index is 13.0. The predicted molar refractivity (Wildman–Crippen MR) is 108 cm³/mol. The lowest BCUT2D eigenvalue weighted by molar-refractivity contribution is -0.154. The summed E-state index contributed by atoms with van der Waals surface area (Å²) < 4.78 is 18.2. The van der Waals surface area contributed by atoms with Gasteiger partial charge in [0.05, 0.1) is 18.3 Å². The van der Waals surface area contributed by atoms with E-state index in [2.05, 4.69) is 18.2 Å². The fourth-order valence-corrected chi connectivity index (χ4v) is 5.22. The number of nitrogens with zero attached hydrogens (tertiary/aromatic N) is 2. The molecule has 0 atom stereocenters. The number of rotatable bonds is 6. The van der Waals surface area contributed by atoms with Crippen molar-refractivity contribution in [3.63, 3.8) is 0 Å². The Balaban J connectivity index is 1.38. The number of hydrogen-bond acceptors (Lipinski definition) is 4. The number of fused-ring (bicyclic) bond motifs is 3. The van der Waals surface area contributed by atoms with Crippen LogP contribution in [0.3, 0.4) is 0 Å². The molecule has 4 aliphatic rings. The van der Waals surface area contributed by atoms with E-state index in [-0.39, 0.29) is 35.8 Å². The molecule has 3 saturated carbocycles. The molecule has 1 aliphatic heterocycles. The quantitative estimate of drug-likeness (QED) is 0.797. The standard InChI is InChI=1S/C23H28FN3O2/c24-11-17(12-25)16-29-20-3-1-19(2-4-20)22-5-8-23(9-6-22,10-7-22)21(28)27-14-18(13-26)15-27/h1-4,11,18H,5-10,12,14-16,25H2/b17-11+. The van der Waals surface area contributed by atoms with E-state index < -0.39 is 0 Å². The summed E-state index contributed by atoms with van der Waals surface area (Å²) >= 11 is 0. The van der Waals surface area contributed by atoms with Gasteiger partial charge in [0.25, 0.3) is 0 Å². The van der Waals surface area contributed by atoms with Crippen LogP contribution in [0, 0.1) is 22.7 Å². The number of carbonyl (C=O) groups is 1. The monoisotopic (exact) mass is 397 g/mol. The average Bonchev–Trinajstić information content (AvgIpc) is 2.75. The highest BCUT2D eigenvalue weighted by Gasteiger charge is 2.54. The highest BCUT2D eigenvalue weighted by atomic mass is 19.1. The smallest absolute Gasteiger partial charge is 0.228 e. The molecular weight excluding hydrogens is 369 g/mol. The van der Waals surface area contributed by atoms with Gasteiger partial charge in [-0.3, -0.25) is 4.79 Å². The van der Waals surface area contributed by atoms with Gasteiger partial charge in [-0.2, -0.15) is 5.26 Å². The van der Waals surface area contributed by atoms with Gasteiger partial charge in [0.15, 0.2) is 0 Å². The van der Waals surface area contributed by atoms with E-state index >= 15 is 0 Å². The van der Waals surface area contributed by atoms with Gasteiger partial charge in [0.2, 0.25) is 5.91 Å². The van der Waals surface area contributed by atoms with E-state index in [1.165, 1.54) is 5.56 Å². The minimum absolute atomic E-state index is 0.0173. The van der Waals surface area contributed by atoms with Gasteiger partial charge in [-0.1, -0.05) is 12.1 Å². The van der Waals surface area contributed by atoms with Crippen LogP contribution in [0.4, 0.5) is 4.39 Å². The molecule has 29 heavy (non-hydrogen) atoms. The van der Waals surface area contributed by atoms with Crippen molar-refractivity contribution in [2.24, 2.45) is 17.1 Å². The Hall–Kier alpha value is -2.39. The van der Waals surface area contributed by atoms with E-state index in [0.717, 1.165) is 38.5 Å². The lowest BCUT2D eigenvalue weighted by Gasteiger charge is -2.55. The van der Waals surface area contributed by atoms with Gasteiger partial charge >= 0.3 is 0 Å². The van der Waals surface area contributed by atoms with Crippen molar-refractivity contribution in [2.75, 3.05) is 26.2 Å². The molecule has 3 aliphatic carbocycles. The maximum absolute atomic E-state index is 13.0. The molecule has 0 spiro atoms. The van der Waals surface area contributed by atoms with Crippen LogP contribution >= 0.6 is 0 Å². The molecule has 1 saturated heterocycles. The number of ether oxygens (including phenoxy) is 1. The first-order chi connectivity index (χ1) is 14.0. The zero-order valence-corrected chi connectivity index (χ0v) is 16.7. The predicted octanol–water partition coefficient (Wildman–Crippen LogP) is 3.45. The largest absolute Gasteiger partial charge is 0.489 e. The van der Waals surface area contributed by atoms with E-state index in [1.54, 1.807) is 0 Å². The Labute approximate surface area is 171 Å². The Morgan fingerprint density at radius 2 is 1.83 bits per heavy atom. The zero-order chi connectivity index (χ0) is 20.5. The SMILES string of the molecule is N#CC1CN(C(=O)C23CCC(c4ccc(OC/C(=C/F)CN)cc4)(CC2)CC3)C1. The summed E-state index contributed by atoms with van der Waals surface area (Å²) in [5, 5.41) is 8.97. The van der Waals surface area contributed by atoms with Gasteiger partial charge in [-0.05, 0) is 61.6 Å². The molecule has 2 bridgehead atoms. The molecule has 2 N–H and O–H groups in total. The van der Waals surface area contributed by atoms with Crippen LogP contribution in [-0.2, 0) is 10.2 Å². The number of nitrogens with two attached hydrogens (primary N) is 1. The number of carbonyl (C=O) groups excluding carboxylic acids is 1. The van der Waals surface area contributed by atoms with Gasteiger partial charge in [-0.25, -0.2) is 4.39 Å². The van der Waals surface area contributed by atoms with Crippen molar-refractivity contribution in [3.05, 3.63) is 41.7 Å². The molecule has 6 heteroatoms. The van der Waals surface area contributed by atoms with Crippen LogP contribution < -0.4 is 10.5 Å². The Morgan fingerprint density at radius 1 is 1.21 bits per heavy atom. The molecule has 1 aromatic rings. The van der Waals surface area contributed by atoms with Crippen LogP contribution in [0.5, 0.6) is 5.75 Å². The number of amides is 1. The highest BCUT2D eigenvalue weighted by Crippen LogP contribution is 2.58. The van der Waals surface area contributed by atoms with Crippen LogP contribution in [0.1, 0.15) is 44.1 Å².